The number of ether oxygens (including phenoxy) is 3. The van der Waals surface area contributed by atoms with Crippen molar-refractivity contribution in [2.45, 2.75) is 6.54 Å². The highest BCUT2D eigenvalue weighted by Gasteiger charge is 2.20. The number of rotatable bonds is 6. The summed E-state index contributed by atoms with van der Waals surface area (Å²) < 4.78 is 29.4. The van der Waals surface area contributed by atoms with Gasteiger partial charge in [-0.2, -0.15) is 0 Å². The predicted molar refractivity (Wildman–Crippen MR) is 116 cm³/mol. The van der Waals surface area contributed by atoms with Gasteiger partial charge in [0.05, 0.1) is 21.3 Å². The minimum Gasteiger partial charge on any atom is -0.493 e. The van der Waals surface area contributed by atoms with E-state index < -0.39 is 0 Å². The summed E-state index contributed by atoms with van der Waals surface area (Å²) in [5.41, 5.74) is 2.03. The monoisotopic (exact) mass is 416 g/mol. The molecule has 0 atom stereocenters. The first-order chi connectivity index (χ1) is 14.6. The van der Waals surface area contributed by atoms with Crippen LogP contribution < -0.4 is 24.4 Å². The summed E-state index contributed by atoms with van der Waals surface area (Å²) in [6.07, 6.45) is 0. The fourth-order valence-electron chi connectivity index (χ4n) is 3.58. The molecule has 8 heteroatoms. The number of hydrogen-bond donors (Lipinski definition) is 1. The minimum absolute atomic E-state index is 0.214. The number of nitrogens with one attached hydrogen (secondary N) is 1. The second-order valence-electron chi connectivity index (χ2n) is 6.88. The van der Waals surface area contributed by atoms with E-state index in [1.165, 1.54) is 12.1 Å². The van der Waals surface area contributed by atoms with Gasteiger partial charge in [-0.3, -0.25) is 4.99 Å². The Balaban J connectivity index is 1.61. The summed E-state index contributed by atoms with van der Waals surface area (Å²) in [5, 5.41) is 3.41. The fourth-order valence-corrected chi connectivity index (χ4v) is 3.58. The maximum Gasteiger partial charge on any atom is 0.203 e. The Bertz CT molecular complexity index is 840. The van der Waals surface area contributed by atoms with Crippen molar-refractivity contribution in [1.29, 1.82) is 0 Å². The second-order valence-corrected chi connectivity index (χ2v) is 6.88. The van der Waals surface area contributed by atoms with Crippen LogP contribution in [0.2, 0.25) is 0 Å². The van der Waals surface area contributed by atoms with Crippen LogP contribution in [0, 0.1) is 5.82 Å². The molecule has 7 nitrogen and oxygen atoms in total. The topological polar surface area (TPSA) is 58.6 Å². The standard InChI is InChI=1S/C22H29FN4O3/c1-24-22(25-15-16-13-19(28-2)21(30-4)20(14-16)29-3)27-11-9-26(10-12-27)18-7-5-17(23)6-8-18/h5-8,13-14H,9-12,15H2,1-4H3,(H,24,25). The molecule has 0 amide bonds. The molecule has 2 aromatic carbocycles. The smallest absolute Gasteiger partial charge is 0.203 e. The van der Waals surface area contributed by atoms with Gasteiger partial charge in [0.25, 0.3) is 0 Å². The van der Waals surface area contributed by atoms with Crippen LogP contribution in [0.3, 0.4) is 0 Å². The van der Waals surface area contributed by atoms with Crippen LogP contribution in [0.25, 0.3) is 0 Å². The van der Waals surface area contributed by atoms with Crippen LogP contribution in [-0.4, -0.2) is 65.4 Å². The van der Waals surface area contributed by atoms with Crippen LogP contribution in [0.5, 0.6) is 17.2 Å². The predicted octanol–water partition coefficient (Wildman–Crippen LogP) is 2.75. The van der Waals surface area contributed by atoms with Crippen molar-refractivity contribution in [3.05, 3.63) is 47.8 Å². The number of halogens is 1. The van der Waals surface area contributed by atoms with E-state index in [-0.39, 0.29) is 5.82 Å². The van der Waals surface area contributed by atoms with E-state index in [9.17, 15) is 4.39 Å². The Morgan fingerprint density at radius 2 is 1.57 bits per heavy atom. The lowest BCUT2D eigenvalue weighted by Crippen LogP contribution is -2.52. The summed E-state index contributed by atoms with van der Waals surface area (Å²) in [7, 11) is 6.58. The summed E-state index contributed by atoms with van der Waals surface area (Å²) in [6.45, 7) is 3.91. The molecule has 1 heterocycles. The molecule has 3 rings (SSSR count). The maximum atomic E-state index is 13.2. The molecule has 0 unspecified atom stereocenters. The highest BCUT2D eigenvalue weighted by Crippen LogP contribution is 2.38. The first kappa shape index (κ1) is 21.5. The zero-order valence-corrected chi connectivity index (χ0v) is 17.9. The van der Waals surface area contributed by atoms with E-state index in [0.29, 0.717) is 23.8 Å². The quantitative estimate of drug-likeness (QED) is 0.577. The van der Waals surface area contributed by atoms with Gasteiger partial charge >= 0.3 is 0 Å². The number of hydrogen-bond acceptors (Lipinski definition) is 5. The lowest BCUT2D eigenvalue weighted by Gasteiger charge is -2.37. The molecule has 0 aromatic heterocycles. The Hall–Kier alpha value is -3.16. The molecule has 1 aliphatic heterocycles. The van der Waals surface area contributed by atoms with Gasteiger partial charge < -0.3 is 29.3 Å². The molecule has 0 aliphatic carbocycles. The zero-order valence-electron chi connectivity index (χ0n) is 17.9. The van der Waals surface area contributed by atoms with E-state index in [0.717, 1.165) is 43.4 Å². The maximum absolute atomic E-state index is 13.2. The number of anilines is 1. The average molecular weight is 416 g/mol. The van der Waals surface area contributed by atoms with Crippen molar-refractivity contribution >= 4 is 11.6 Å². The molecule has 30 heavy (non-hydrogen) atoms. The van der Waals surface area contributed by atoms with Gasteiger partial charge in [0.1, 0.15) is 5.82 Å². The fraction of sp³-hybridized carbons (Fsp3) is 0.409. The van der Waals surface area contributed by atoms with Crippen LogP contribution in [0.15, 0.2) is 41.4 Å². The van der Waals surface area contributed by atoms with E-state index >= 15 is 0 Å². The number of piperazine rings is 1. The highest BCUT2D eigenvalue weighted by molar-refractivity contribution is 5.80. The third-order valence-corrected chi connectivity index (χ3v) is 5.16. The lowest BCUT2D eigenvalue weighted by molar-refractivity contribution is 0.323. The molecule has 1 aliphatic rings. The first-order valence-electron chi connectivity index (χ1n) is 9.84. The van der Waals surface area contributed by atoms with Crippen molar-refractivity contribution in [2.75, 3.05) is 59.5 Å². The van der Waals surface area contributed by atoms with Gasteiger partial charge in [0.2, 0.25) is 5.75 Å². The largest absolute Gasteiger partial charge is 0.493 e. The van der Waals surface area contributed by atoms with Gasteiger partial charge in [-0.25, -0.2) is 4.39 Å². The van der Waals surface area contributed by atoms with Crippen LogP contribution >= 0.6 is 0 Å². The van der Waals surface area contributed by atoms with Crippen molar-refractivity contribution in [3.8, 4) is 17.2 Å². The van der Waals surface area contributed by atoms with Gasteiger partial charge in [0.15, 0.2) is 17.5 Å². The molecule has 1 fully saturated rings. The molecule has 0 saturated carbocycles. The molecular weight excluding hydrogens is 387 g/mol. The number of methoxy groups -OCH3 is 3. The van der Waals surface area contributed by atoms with Gasteiger partial charge in [-0.1, -0.05) is 0 Å². The average Bonchev–Trinajstić information content (AvgIpc) is 2.79. The lowest BCUT2D eigenvalue weighted by atomic mass is 10.1. The van der Waals surface area contributed by atoms with Crippen LogP contribution in [0.4, 0.5) is 10.1 Å². The third-order valence-electron chi connectivity index (χ3n) is 5.16. The molecule has 162 valence electrons. The zero-order chi connectivity index (χ0) is 21.5. The SMILES string of the molecule is CN=C(NCc1cc(OC)c(OC)c(OC)c1)N1CCN(c2ccc(F)cc2)CC1. The molecule has 1 N–H and O–H groups in total. The minimum atomic E-state index is -0.214. The molecule has 0 radical (unpaired) electrons. The van der Waals surface area contributed by atoms with E-state index in [1.54, 1.807) is 28.4 Å². The number of benzene rings is 2. The number of guanidine groups is 1. The molecule has 0 spiro atoms. The number of nitrogens with zero attached hydrogens (tertiary/aromatic N) is 3. The Morgan fingerprint density at radius 1 is 0.967 bits per heavy atom. The van der Waals surface area contributed by atoms with Gasteiger partial charge in [0, 0.05) is 45.5 Å². The Labute approximate surface area is 177 Å². The summed E-state index contributed by atoms with van der Waals surface area (Å²) in [5.74, 6) is 2.44. The molecule has 0 bridgehead atoms. The normalized spacial score (nSPS) is 14.5. The first-order valence-corrected chi connectivity index (χ1v) is 9.84. The van der Waals surface area contributed by atoms with Gasteiger partial charge in [-0.05, 0) is 42.0 Å². The summed E-state index contributed by atoms with van der Waals surface area (Å²) in [6, 6.07) is 10.5. The summed E-state index contributed by atoms with van der Waals surface area (Å²) in [4.78, 5) is 8.90. The Kier molecular flexibility index (Phi) is 7.21. The van der Waals surface area contributed by atoms with Crippen molar-refractivity contribution < 1.29 is 18.6 Å². The van der Waals surface area contributed by atoms with Crippen LogP contribution in [0.1, 0.15) is 5.56 Å². The number of aliphatic imine (C=N–C) groups is 1. The van der Waals surface area contributed by atoms with Crippen molar-refractivity contribution in [1.82, 2.24) is 10.2 Å². The second kappa shape index (κ2) is 10.0. The molecule has 1 saturated heterocycles. The molecular formula is C22H29FN4O3. The van der Waals surface area contributed by atoms with Gasteiger partial charge in [-0.15, -0.1) is 0 Å². The Morgan fingerprint density at radius 3 is 2.07 bits per heavy atom. The third kappa shape index (κ3) is 4.87. The van der Waals surface area contributed by atoms with Crippen molar-refractivity contribution in [3.63, 3.8) is 0 Å². The molecule has 2 aromatic rings. The van der Waals surface area contributed by atoms with Crippen LogP contribution in [-0.2, 0) is 6.54 Å². The van der Waals surface area contributed by atoms with E-state index in [4.69, 9.17) is 14.2 Å². The highest BCUT2D eigenvalue weighted by atomic mass is 19.1. The van der Waals surface area contributed by atoms with Crippen molar-refractivity contribution in [2.24, 2.45) is 4.99 Å². The van der Waals surface area contributed by atoms with E-state index in [2.05, 4.69) is 20.1 Å². The summed E-state index contributed by atoms with van der Waals surface area (Å²) >= 11 is 0. The van der Waals surface area contributed by atoms with E-state index in [1.807, 2.05) is 24.3 Å².